The summed E-state index contributed by atoms with van der Waals surface area (Å²) < 4.78 is 0. The molecule has 274 valence electrons. The van der Waals surface area contributed by atoms with Crippen LogP contribution in [0.2, 0.25) is 0 Å². The van der Waals surface area contributed by atoms with E-state index in [9.17, 15) is 0 Å². The van der Waals surface area contributed by atoms with E-state index in [4.69, 9.17) is 0 Å². The second-order valence-electron chi connectivity index (χ2n) is 16.4. The van der Waals surface area contributed by atoms with Gasteiger partial charge < -0.3 is 4.90 Å². The molecule has 1 heterocycles. The van der Waals surface area contributed by atoms with E-state index >= 15 is 0 Å². The summed E-state index contributed by atoms with van der Waals surface area (Å²) in [5.41, 5.74) is 18.7. The summed E-state index contributed by atoms with van der Waals surface area (Å²) in [7, 11) is 0. The molecule has 2 heteroatoms. The van der Waals surface area contributed by atoms with Crippen LogP contribution in [0.4, 0.5) is 17.1 Å². The summed E-state index contributed by atoms with van der Waals surface area (Å²) in [4.78, 5) is 5.14. The summed E-state index contributed by atoms with van der Waals surface area (Å²) in [6.45, 7) is 4.75. The lowest BCUT2D eigenvalue weighted by molar-refractivity contribution is 0.660. The first-order valence-electron chi connectivity index (χ1n) is 20.3. The van der Waals surface area contributed by atoms with Crippen LogP contribution in [-0.4, -0.2) is 0 Å². The number of fused-ring (bicyclic) bond motifs is 14. The Morgan fingerprint density at radius 3 is 1.67 bits per heavy atom. The van der Waals surface area contributed by atoms with Gasteiger partial charge in [-0.2, -0.15) is 0 Å². The normalized spacial score (nSPS) is 14.6. The van der Waals surface area contributed by atoms with Crippen molar-refractivity contribution in [1.82, 2.24) is 0 Å². The number of anilines is 3. The van der Waals surface area contributed by atoms with E-state index in [0.717, 1.165) is 11.4 Å². The summed E-state index contributed by atoms with van der Waals surface area (Å²) in [5.74, 6) is 0. The van der Waals surface area contributed by atoms with Crippen LogP contribution in [0.25, 0.3) is 44.2 Å². The molecule has 58 heavy (non-hydrogen) atoms. The number of benzene rings is 9. The third-order valence-corrected chi connectivity index (χ3v) is 14.4. The molecule has 1 nitrogen and oxygen atoms in total. The highest BCUT2D eigenvalue weighted by atomic mass is 32.2. The molecule has 0 radical (unpaired) electrons. The van der Waals surface area contributed by atoms with Crippen molar-refractivity contribution in [1.29, 1.82) is 0 Å². The van der Waals surface area contributed by atoms with Gasteiger partial charge in [0.15, 0.2) is 0 Å². The van der Waals surface area contributed by atoms with Crippen molar-refractivity contribution in [3.8, 4) is 33.4 Å². The Balaban J connectivity index is 1.15. The maximum atomic E-state index is 2.52. The molecule has 0 bridgehead atoms. The molecule has 0 saturated carbocycles. The fourth-order valence-electron chi connectivity index (χ4n) is 10.5. The number of hydrogen-bond acceptors (Lipinski definition) is 2. The Labute approximate surface area is 344 Å². The van der Waals surface area contributed by atoms with Crippen molar-refractivity contribution in [3.63, 3.8) is 0 Å². The third-order valence-electron chi connectivity index (χ3n) is 13.1. The Hall–Kier alpha value is -6.61. The van der Waals surface area contributed by atoms with Gasteiger partial charge in [0.25, 0.3) is 0 Å². The average molecular weight is 758 g/mol. The highest BCUT2D eigenvalue weighted by Crippen LogP contribution is 2.65. The zero-order chi connectivity index (χ0) is 38.6. The molecule has 12 rings (SSSR count). The smallest absolute Gasteiger partial charge is 0.0736 e. The molecular weight excluding hydrogens is 719 g/mol. The SMILES string of the molecule is CC1(C)c2ccccc2-c2ccc(N(c3ccc(-c4ccccc4)cc3)c3cccc4c3Sc3c(ccc5ccccc35)C43c4ccccc4-c4ccccc43)cc21. The quantitative estimate of drug-likeness (QED) is 0.176. The van der Waals surface area contributed by atoms with Gasteiger partial charge in [-0.05, 0) is 108 Å². The minimum absolute atomic E-state index is 0.130. The molecule has 0 N–H and O–H groups in total. The zero-order valence-electron chi connectivity index (χ0n) is 32.4. The molecule has 0 unspecified atom stereocenters. The lowest BCUT2D eigenvalue weighted by atomic mass is 9.67. The first-order chi connectivity index (χ1) is 28.5. The minimum Gasteiger partial charge on any atom is -0.309 e. The number of rotatable bonds is 4. The van der Waals surface area contributed by atoms with Crippen LogP contribution in [-0.2, 0) is 10.8 Å². The Morgan fingerprint density at radius 1 is 0.379 bits per heavy atom. The molecule has 9 aromatic rings. The van der Waals surface area contributed by atoms with Crippen LogP contribution >= 0.6 is 11.8 Å². The van der Waals surface area contributed by atoms with Crippen molar-refractivity contribution < 1.29 is 0 Å². The summed E-state index contributed by atoms with van der Waals surface area (Å²) in [6, 6.07) is 74.9. The van der Waals surface area contributed by atoms with E-state index < -0.39 is 5.41 Å². The summed E-state index contributed by atoms with van der Waals surface area (Å²) >= 11 is 1.94. The predicted octanol–water partition coefficient (Wildman–Crippen LogP) is 15.1. The van der Waals surface area contributed by atoms with E-state index in [2.05, 4.69) is 219 Å². The van der Waals surface area contributed by atoms with Crippen molar-refractivity contribution >= 4 is 39.6 Å². The molecule has 3 aliphatic rings. The van der Waals surface area contributed by atoms with Gasteiger partial charge in [-0.1, -0.05) is 195 Å². The van der Waals surface area contributed by atoms with Gasteiger partial charge in [0, 0.05) is 26.6 Å². The van der Waals surface area contributed by atoms with E-state index in [0.29, 0.717) is 0 Å². The fraction of sp³-hybridized carbons (Fsp3) is 0.0714. The van der Waals surface area contributed by atoms with Crippen LogP contribution in [0.3, 0.4) is 0 Å². The molecule has 9 aromatic carbocycles. The Kier molecular flexibility index (Phi) is 7.19. The van der Waals surface area contributed by atoms with Gasteiger partial charge in [0.05, 0.1) is 11.1 Å². The zero-order valence-corrected chi connectivity index (χ0v) is 33.2. The lowest BCUT2D eigenvalue weighted by Crippen LogP contribution is -2.32. The molecule has 0 aromatic heterocycles. The Morgan fingerprint density at radius 2 is 0.931 bits per heavy atom. The van der Waals surface area contributed by atoms with Crippen molar-refractivity contribution in [2.24, 2.45) is 0 Å². The Bertz CT molecular complexity index is 3080. The standard InChI is InChI=1S/C56H39NS/c1-55(2)46-22-11-8-19-42(46)45-33-32-40(35-51(45)55)57(39-30-27-37(28-31-39)36-15-4-3-5-16-36)52-26-14-25-49-54(52)58-53-41-18-7-6-17-38(41)29-34-50(53)56(49)47-23-12-9-20-43(47)44-21-10-13-24-48(44)56/h3-35H,1-2H3. The summed E-state index contributed by atoms with van der Waals surface area (Å²) in [5, 5.41) is 2.56. The molecule has 0 fully saturated rings. The maximum Gasteiger partial charge on any atom is 0.0736 e. The van der Waals surface area contributed by atoms with Gasteiger partial charge in [-0.25, -0.2) is 0 Å². The van der Waals surface area contributed by atoms with Crippen LogP contribution in [0, 0.1) is 0 Å². The largest absolute Gasteiger partial charge is 0.309 e. The van der Waals surface area contributed by atoms with E-state index in [-0.39, 0.29) is 5.41 Å². The molecule has 2 aliphatic carbocycles. The fourth-order valence-corrected chi connectivity index (χ4v) is 11.9. The predicted molar refractivity (Wildman–Crippen MR) is 243 cm³/mol. The lowest BCUT2D eigenvalue weighted by Gasteiger charge is -2.42. The van der Waals surface area contributed by atoms with E-state index in [1.807, 2.05) is 11.8 Å². The third kappa shape index (κ3) is 4.55. The molecule has 0 amide bonds. The van der Waals surface area contributed by atoms with Crippen LogP contribution in [0.1, 0.15) is 47.2 Å². The van der Waals surface area contributed by atoms with Gasteiger partial charge in [-0.3, -0.25) is 0 Å². The highest BCUT2D eigenvalue weighted by Gasteiger charge is 2.51. The maximum absolute atomic E-state index is 2.52. The molecule has 0 atom stereocenters. The minimum atomic E-state index is -0.493. The number of hydrogen-bond donors (Lipinski definition) is 0. The first kappa shape index (κ1) is 33.5. The molecule has 1 spiro atoms. The van der Waals surface area contributed by atoms with E-state index in [1.54, 1.807) is 0 Å². The average Bonchev–Trinajstić information content (AvgIpc) is 3.70. The first-order valence-corrected chi connectivity index (χ1v) is 21.1. The van der Waals surface area contributed by atoms with Crippen molar-refractivity contribution in [3.05, 3.63) is 234 Å². The molecule has 1 aliphatic heterocycles. The van der Waals surface area contributed by atoms with Gasteiger partial charge >= 0.3 is 0 Å². The van der Waals surface area contributed by atoms with Crippen LogP contribution in [0.15, 0.2) is 210 Å². The second-order valence-corrected chi connectivity index (χ2v) is 17.4. The molecule has 0 saturated heterocycles. The molecular formula is C56H39NS. The number of nitrogens with zero attached hydrogens (tertiary/aromatic N) is 1. The van der Waals surface area contributed by atoms with Gasteiger partial charge in [0.1, 0.15) is 0 Å². The second kappa shape index (κ2) is 12.4. The van der Waals surface area contributed by atoms with Crippen LogP contribution in [0.5, 0.6) is 0 Å². The summed E-state index contributed by atoms with van der Waals surface area (Å²) in [6.07, 6.45) is 0. The highest BCUT2D eigenvalue weighted by molar-refractivity contribution is 8.00. The van der Waals surface area contributed by atoms with Gasteiger partial charge in [0.2, 0.25) is 0 Å². The van der Waals surface area contributed by atoms with Crippen molar-refractivity contribution in [2.75, 3.05) is 4.90 Å². The van der Waals surface area contributed by atoms with Gasteiger partial charge in [-0.15, -0.1) is 0 Å². The monoisotopic (exact) mass is 757 g/mol. The van der Waals surface area contributed by atoms with Crippen molar-refractivity contribution in [2.45, 2.75) is 34.5 Å². The topological polar surface area (TPSA) is 3.24 Å². The van der Waals surface area contributed by atoms with Crippen LogP contribution < -0.4 is 4.90 Å². The van der Waals surface area contributed by atoms with E-state index in [1.165, 1.54) is 93.0 Å².